The quantitative estimate of drug-likeness (QED) is 0.603. The number of nitrogens with zero attached hydrogens (tertiary/aromatic N) is 1. The highest BCUT2D eigenvalue weighted by Crippen LogP contribution is 2.25. The Hall–Kier alpha value is -2.50. The van der Waals surface area contributed by atoms with E-state index in [2.05, 4.69) is 10.2 Å². The zero-order chi connectivity index (χ0) is 19.3. The predicted molar refractivity (Wildman–Crippen MR) is 107 cm³/mol. The van der Waals surface area contributed by atoms with E-state index in [0.717, 1.165) is 18.8 Å². The van der Waals surface area contributed by atoms with Gasteiger partial charge in [0.15, 0.2) is 11.6 Å². The molecule has 0 aromatic heterocycles. The van der Waals surface area contributed by atoms with Crippen LogP contribution in [-0.4, -0.2) is 50.5 Å². The van der Waals surface area contributed by atoms with Crippen molar-refractivity contribution in [1.29, 1.82) is 0 Å². The van der Waals surface area contributed by atoms with E-state index in [9.17, 15) is 9.59 Å². The van der Waals surface area contributed by atoms with Gasteiger partial charge in [0.1, 0.15) is 5.54 Å². The first kappa shape index (κ1) is 19.3. The normalized spacial score (nSPS) is 16.6. The predicted octanol–water partition coefficient (Wildman–Crippen LogP) is 2.96. The molecule has 1 unspecified atom stereocenters. The fourth-order valence-corrected chi connectivity index (χ4v) is 3.56. The number of hydrogen-bond donors (Lipinski definition) is 1. The first-order valence-corrected chi connectivity index (χ1v) is 9.38. The lowest BCUT2D eigenvalue weighted by atomic mass is 9.80. The van der Waals surface area contributed by atoms with Crippen LogP contribution in [0.5, 0.6) is 0 Å². The highest BCUT2D eigenvalue weighted by Gasteiger charge is 2.43. The zero-order valence-corrected chi connectivity index (χ0v) is 15.9. The maximum atomic E-state index is 13.3. The number of hydrogen-bond acceptors (Lipinski definition) is 5. The summed E-state index contributed by atoms with van der Waals surface area (Å²) in [6, 6.07) is 16.5. The maximum absolute atomic E-state index is 13.3. The molecule has 5 nitrogen and oxygen atoms in total. The Bertz CT molecular complexity index is 777. The summed E-state index contributed by atoms with van der Waals surface area (Å²) in [5, 5.41) is 3.01. The first-order chi connectivity index (χ1) is 13.1. The number of benzene rings is 2. The second-order valence-electron chi connectivity index (χ2n) is 6.68. The van der Waals surface area contributed by atoms with E-state index in [1.54, 1.807) is 19.2 Å². The van der Waals surface area contributed by atoms with Gasteiger partial charge < -0.3 is 15.0 Å². The van der Waals surface area contributed by atoms with Crippen molar-refractivity contribution < 1.29 is 14.3 Å². The molecule has 5 heteroatoms. The standard InChI is InChI=1S/C22H26N2O3/c1-3-22(23-2,20(25)17-7-5-4-6-8-17)21(26)18-9-11-19(12-10-18)24-13-15-27-16-14-24/h4-12,23H,3,13-16H2,1-2H3. The molecular formula is C22H26N2O3. The van der Waals surface area contributed by atoms with E-state index in [0.29, 0.717) is 30.8 Å². The van der Waals surface area contributed by atoms with Crippen molar-refractivity contribution in [2.45, 2.75) is 18.9 Å². The Kier molecular flexibility index (Phi) is 6.04. The van der Waals surface area contributed by atoms with Crippen molar-refractivity contribution in [2.75, 3.05) is 38.3 Å². The molecule has 0 amide bonds. The number of likely N-dealkylation sites (N-methyl/N-ethyl adjacent to an activating group) is 1. The van der Waals surface area contributed by atoms with Crippen LogP contribution in [0.4, 0.5) is 5.69 Å². The molecule has 1 N–H and O–H groups in total. The third-order valence-electron chi connectivity index (χ3n) is 5.27. The molecule has 1 saturated heterocycles. The van der Waals surface area contributed by atoms with Gasteiger partial charge in [-0.2, -0.15) is 0 Å². The van der Waals surface area contributed by atoms with Gasteiger partial charge >= 0.3 is 0 Å². The third kappa shape index (κ3) is 3.80. The summed E-state index contributed by atoms with van der Waals surface area (Å²) in [7, 11) is 1.67. The zero-order valence-electron chi connectivity index (χ0n) is 15.9. The second kappa shape index (κ2) is 8.46. The van der Waals surface area contributed by atoms with Gasteiger partial charge in [0, 0.05) is 29.9 Å². The topological polar surface area (TPSA) is 58.6 Å². The molecule has 1 heterocycles. The number of rotatable bonds is 7. The molecule has 27 heavy (non-hydrogen) atoms. The van der Waals surface area contributed by atoms with Crippen LogP contribution >= 0.6 is 0 Å². The van der Waals surface area contributed by atoms with Gasteiger partial charge in [-0.25, -0.2) is 0 Å². The van der Waals surface area contributed by atoms with Gasteiger partial charge in [-0.3, -0.25) is 9.59 Å². The molecule has 0 radical (unpaired) electrons. The maximum Gasteiger partial charge on any atom is 0.190 e. The minimum absolute atomic E-state index is 0.199. The average molecular weight is 366 g/mol. The number of morpholine rings is 1. The molecule has 0 spiro atoms. The van der Waals surface area contributed by atoms with E-state index < -0.39 is 5.54 Å². The Morgan fingerprint density at radius 2 is 1.52 bits per heavy atom. The SMILES string of the molecule is CCC(NC)(C(=O)c1ccccc1)C(=O)c1ccc(N2CCOCC2)cc1. The number of nitrogens with one attached hydrogen (secondary N) is 1. The lowest BCUT2D eigenvalue weighted by molar-refractivity contribution is 0.0728. The van der Waals surface area contributed by atoms with Crippen LogP contribution in [0.3, 0.4) is 0 Å². The molecule has 1 aliphatic heterocycles. The lowest BCUT2D eigenvalue weighted by Gasteiger charge is -2.31. The van der Waals surface area contributed by atoms with Gasteiger partial charge in [-0.15, -0.1) is 0 Å². The second-order valence-corrected chi connectivity index (χ2v) is 6.68. The minimum Gasteiger partial charge on any atom is -0.378 e. The first-order valence-electron chi connectivity index (χ1n) is 9.38. The molecular weight excluding hydrogens is 340 g/mol. The highest BCUT2D eigenvalue weighted by atomic mass is 16.5. The summed E-state index contributed by atoms with van der Waals surface area (Å²) in [4.78, 5) is 28.7. The Balaban J connectivity index is 1.87. The van der Waals surface area contributed by atoms with Crippen LogP contribution in [0.15, 0.2) is 54.6 Å². The number of ether oxygens (including phenoxy) is 1. The van der Waals surface area contributed by atoms with Gasteiger partial charge in [-0.05, 0) is 37.7 Å². The Morgan fingerprint density at radius 3 is 2.04 bits per heavy atom. The fraction of sp³-hybridized carbons (Fsp3) is 0.364. The summed E-state index contributed by atoms with van der Waals surface area (Å²) in [6.07, 6.45) is 0.376. The Morgan fingerprint density at radius 1 is 0.963 bits per heavy atom. The molecule has 3 rings (SSSR count). The van der Waals surface area contributed by atoms with E-state index in [1.165, 1.54) is 0 Å². The van der Waals surface area contributed by atoms with Crippen molar-refractivity contribution in [3.63, 3.8) is 0 Å². The number of carbonyl (C=O) groups excluding carboxylic acids is 2. The summed E-state index contributed by atoms with van der Waals surface area (Å²) >= 11 is 0. The number of carbonyl (C=O) groups is 2. The van der Waals surface area contributed by atoms with E-state index in [-0.39, 0.29) is 11.6 Å². The van der Waals surface area contributed by atoms with Crippen LogP contribution in [0.1, 0.15) is 34.1 Å². The van der Waals surface area contributed by atoms with Crippen LogP contribution in [0, 0.1) is 0 Å². The van der Waals surface area contributed by atoms with Gasteiger partial charge in [0.25, 0.3) is 0 Å². The lowest BCUT2D eigenvalue weighted by Crippen LogP contribution is -2.56. The van der Waals surface area contributed by atoms with E-state index in [1.807, 2.05) is 49.4 Å². The average Bonchev–Trinajstić information content (AvgIpc) is 2.76. The smallest absolute Gasteiger partial charge is 0.190 e. The van der Waals surface area contributed by atoms with Crippen LogP contribution in [-0.2, 0) is 4.74 Å². The van der Waals surface area contributed by atoms with Gasteiger partial charge in [0.05, 0.1) is 13.2 Å². The highest BCUT2D eigenvalue weighted by molar-refractivity contribution is 6.23. The molecule has 0 saturated carbocycles. The minimum atomic E-state index is -1.26. The van der Waals surface area contributed by atoms with Gasteiger partial charge in [0.2, 0.25) is 0 Å². The molecule has 142 valence electrons. The summed E-state index contributed by atoms with van der Waals surface area (Å²) in [6.45, 7) is 4.97. The largest absolute Gasteiger partial charge is 0.378 e. The van der Waals surface area contributed by atoms with Gasteiger partial charge in [-0.1, -0.05) is 37.3 Å². The van der Waals surface area contributed by atoms with Crippen molar-refractivity contribution in [3.05, 3.63) is 65.7 Å². The van der Waals surface area contributed by atoms with E-state index >= 15 is 0 Å². The van der Waals surface area contributed by atoms with Crippen LogP contribution in [0.2, 0.25) is 0 Å². The monoisotopic (exact) mass is 366 g/mol. The summed E-state index contributed by atoms with van der Waals surface area (Å²) < 4.78 is 5.38. The van der Waals surface area contributed by atoms with Crippen molar-refractivity contribution in [2.24, 2.45) is 0 Å². The Labute approximate surface area is 160 Å². The molecule has 0 bridgehead atoms. The number of Topliss-reactive ketones (excluding diaryl/α,β-unsaturated/α-hetero) is 2. The third-order valence-corrected chi connectivity index (χ3v) is 5.27. The molecule has 2 aromatic carbocycles. The van der Waals surface area contributed by atoms with Crippen molar-refractivity contribution in [3.8, 4) is 0 Å². The van der Waals surface area contributed by atoms with E-state index in [4.69, 9.17) is 4.74 Å². The van der Waals surface area contributed by atoms with Crippen molar-refractivity contribution in [1.82, 2.24) is 5.32 Å². The van der Waals surface area contributed by atoms with Crippen LogP contribution in [0.25, 0.3) is 0 Å². The fourth-order valence-electron chi connectivity index (χ4n) is 3.56. The molecule has 1 atom stereocenters. The molecule has 0 aliphatic carbocycles. The molecule has 1 aliphatic rings. The molecule has 1 fully saturated rings. The summed E-state index contributed by atoms with van der Waals surface area (Å²) in [5.41, 5.74) is 0.872. The number of ketones is 2. The van der Waals surface area contributed by atoms with Crippen LogP contribution < -0.4 is 10.2 Å². The number of anilines is 1. The van der Waals surface area contributed by atoms with Crippen molar-refractivity contribution >= 4 is 17.3 Å². The molecule has 2 aromatic rings. The summed E-state index contributed by atoms with van der Waals surface area (Å²) in [5.74, 6) is -0.398.